The summed E-state index contributed by atoms with van der Waals surface area (Å²) in [5, 5.41) is 36.7. The van der Waals surface area contributed by atoms with Gasteiger partial charge in [-0.05, 0) is 32.1 Å². The van der Waals surface area contributed by atoms with Crippen LogP contribution >= 0.6 is 35.2 Å². The number of nitrogens with zero attached hydrogens (tertiary/aromatic N) is 4. The molecule has 3 heterocycles. The van der Waals surface area contributed by atoms with E-state index >= 15 is 0 Å². The lowest BCUT2D eigenvalue weighted by Gasteiger charge is -2.30. The van der Waals surface area contributed by atoms with Gasteiger partial charge >= 0.3 is 23.5 Å². The van der Waals surface area contributed by atoms with Crippen LogP contribution in [-0.4, -0.2) is 134 Å². The minimum Gasteiger partial charge on any atom is -0.393 e. The molecule has 0 aliphatic carbocycles. The van der Waals surface area contributed by atoms with Gasteiger partial charge in [-0.3, -0.25) is 32.5 Å². The van der Waals surface area contributed by atoms with E-state index in [0.717, 1.165) is 99.6 Å². The van der Waals surface area contributed by atoms with Gasteiger partial charge in [-0.2, -0.15) is 4.31 Å². The molecule has 2 unspecified atom stereocenters. The number of imidazole rings is 1. The van der Waals surface area contributed by atoms with E-state index < -0.39 is 84.6 Å². The largest absolute Gasteiger partial charge is 0.481 e. The summed E-state index contributed by atoms with van der Waals surface area (Å²) in [7, 11) is -16.4. The van der Waals surface area contributed by atoms with Gasteiger partial charge in [-0.15, -0.1) is 0 Å². The number of aromatic nitrogens is 4. The third-order valence-corrected chi connectivity index (χ3v) is 15.0. The first kappa shape index (κ1) is 61.6. The second-order valence-corrected chi connectivity index (χ2v) is 22.9. The van der Waals surface area contributed by atoms with Crippen molar-refractivity contribution in [2.24, 2.45) is 5.41 Å². The number of amides is 2. The smallest absolute Gasteiger partial charge is 0.393 e. The molecule has 2 aromatic rings. The zero-order valence-electron chi connectivity index (χ0n) is 39.9. The molecule has 2 aromatic heterocycles. The fourth-order valence-corrected chi connectivity index (χ4v) is 10.6. The first-order chi connectivity index (χ1) is 32.9. The number of nitrogen functional groups attached to an aromatic ring is 1. The number of carbonyl (C=O) groups is 3. The number of nitrogens with two attached hydrogens (primary N) is 1. The third-order valence-electron chi connectivity index (χ3n) is 11.0. The Labute approximate surface area is 411 Å². The highest BCUT2D eigenvalue weighted by Gasteiger charge is 2.50. The highest BCUT2D eigenvalue weighted by molar-refractivity contribution is 8.13. The number of hydrogen-bond acceptors (Lipinski definition) is 19. The number of hydrogen-bond donors (Lipinski definition) is 10. The van der Waals surface area contributed by atoms with Crippen LogP contribution in [0.2, 0.25) is 0 Å². The van der Waals surface area contributed by atoms with Crippen molar-refractivity contribution in [3.05, 3.63) is 24.8 Å². The summed E-state index contributed by atoms with van der Waals surface area (Å²) in [5.41, 5.74) is 4.28. The van der Waals surface area contributed by atoms with E-state index in [1.54, 1.807) is 0 Å². The van der Waals surface area contributed by atoms with Crippen molar-refractivity contribution in [2.45, 2.75) is 160 Å². The predicted octanol–water partition coefficient (Wildman–Crippen LogP) is 4.45. The lowest BCUT2D eigenvalue weighted by molar-refractivity contribution is -0.137. The van der Waals surface area contributed by atoms with Gasteiger partial charge in [0.15, 0.2) is 22.8 Å². The van der Waals surface area contributed by atoms with Crippen molar-refractivity contribution < 1.29 is 85.6 Å². The molecule has 2 amide bonds. The first-order valence-electron chi connectivity index (χ1n) is 23.3. The predicted molar refractivity (Wildman–Crippen MR) is 257 cm³/mol. The van der Waals surface area contributed by atoms with Crippen LogP contribution < -0.4 is 16.4 Å². The summed E-state index contributed by atoms with van der Waals surface area (Å²) in [6.45, 7) is 2.71. The molecule has 3 rings (SSSR count). The fraction of sp³-hybridized carbons (Fsp3) is 0.756. The highest BCUT2D eigenvalue weighted by atomic mass is 32.2. The van der Waals surface area contributed by atoms with Gasteiger partial charge in [-0.1, -0.05) is 102 Å². The van der Waals surface area contributed by atoms with Crippen LogP contribution in [0, 0.1) is 5.41 Å². The normalized spacial score (nSPS) is 20.3. The molecule has 0 saturated carbocycles. The van der Waals surface area contributed by atoms with E-state index in [1.165, 1.54) is 33.1 Å². The summed E-state index contributed by atoms with van der Waals surface area (Å²) in [6.07, 6.45) is 12.3. The van der Waals surface area contributed by atoms with Gasteiger partial charge < -0.3 is 56.0 Å². The van der Waals surface area contributed by atoms with Gasteiger partial charge in [0.05, 0.1) is 25.6 Å². The topological polar surface area (TPSA) is 384 Å². The molecule has 1 aliphatic heterocycles. The summed E-state index contributed by atoms with van der Waals surface area (Å²) in [4.78, 5) is 88.4. The number of thioether (sulfide) groups is 1. The molecule has 1 saturated heterocycles. The van der Waals surface area contributed by atoms with Crippen molar-refractivity contribution in [2.75, 3.05) is 37.8 Å². The van der Waals surface area contributed by atoms with Gasteiger partial charge in [0.1, 0.15) is 36.3 Å². The number of nitrogens with one attached hydrogen (secondary N) is 2. The van der Waals surface area contributed by atoms with Gasteiger partial charge in [0, 0.05) is 37.1 Å². The average Bonchev–Trinajstić information content (AvgIpc) is 3.85. The number of aliphatic hydroxyl groups is 3. The SMILES string of the molecule is CCCCCC[C@@H](O)C/C=C\CCCCCCCCCC(=O)SCCNC(=O)CCNC(=O)[C@H](O)C(C)(C)COP(=O)(O)OP(=O)(O)OC[C@H]1O[C@@H](n2cnc3c(N)ncnc32)[C@H](O)[C@@H]1OP(=O)(O)O. The number of phosphoric acid groups is 3. The minimum absolute atomic E-state index is 0.0305. The average molecular weight is 1080 g/mol. The van der Waals surface area contributed by atoms with E-state index in [9.17, 15) is 63.0 Å². The van der Waals surface area contributed by atoms with Crippen molar-refractivity contribution in [1.82, 2.24) is 30.2 Å². The summed E-state index contributed by atoms with van der Waals surface area (Å²) < 4.78 is 62.5. The maximum Gasteiger partial charge on any atom is 0.481 e. The lowest BCUT2D eigenvalue weighted by Crippen LogP contribution is -2.46. The number of phosphoric ester groups is 3. The van der Waals surface area contributed by atoms with Crippen molar-refractivity contribution in [3.63, 3.8) is 0 Å². The number of fused-ring (bicyclic) bond motifs is 1. The van der Waals surface area contributed by atoms with Gasteiger partial charge in [0.2, 0.25) is 11.8 Å². The molecule has 29 heteroatoms. The Hall–Kier alpha value is -2.74. The van der Waals surface area contributed by atoms with Crippen molar-refractivity contribution in [1.29, 1.82) is 0 Å². The summed E-state index contributed by atoms with van der Waals surface area (Å²) >= 11 is 1.14. The molecule has 0 aromatic carbocycles. The number of rotatable bonds is 36. The zero-order valence-corrected chi connectivity index (χ0v) is 43.4. The second kappa shape index (κ2) is 30.5. The monoisotopic (exact) mass is 1080 g/mol. The first-order valence-corrected chi connectivity index (χ1v) is 28.8. The summed E-state index contributed by atoms with van der Waals surface area (Å²) in [5.74, 6) is -1.06. The Bertz CT molecular complexity index is 2120. The van der Waals surface area contributed by atoms with Crippen LogP contribution in [0.1, 0.15) is 130 Å². The highest BCUT2D eigenvalue weighted by Crippen LogP contribution is 2.61. The quantitative estimate of drug-likeness (QED) is 0.0256. The van der Waals surface area contributed by atoms with E-state index in [-0.39, 0.29) is 47.7 Å². The van der Waals surface area contributed by atoms with E-state index in [2.05, 4.69) is 53.5 Å². The molecule has 1 fully saturated rings. The number of aliphatic hydroxyl groups excluding tert-OH is 3. The van der Waals surface area contributed by atoms with Crippen LogP contribution in [0.15, 0.2) is 24.8 Å². The number of carbonyl (C=O) groups excluding carboxylic acids is 3. The molecule has 11 N–H and O–H groups in total. The van der Waals surface area contributed by atoms with E-state index in [1.807, 2.05) is 0 Å². The van der Waals surface area contributed by atoms with Gasteiger partial charge in [0.25, 0.3) is 0 Å². The molecule has 0 radical (unpaired) electrons. The van der Waals surface area contributed by atoms with Crippen LogP contribution in [0.4, 0.5) is 5.82 Å². The molecule has 0 bridgehead atoms. The van der Waals surface area contributed by atoms with Gasteiger partial charge in [-0.25, -0.2) is 28.6 Å². The van der Waals surface area contributed by atoms with Crippen molar-refractivity contribution >= 4 is 69.1 Å². The van der Waals surface area contributed by atoms with Crippen LogP contribution in [0.25, 0.3) is 11.2 Å². The molecule has 8 atom stereocenters. The molecular weight excluding hydrogens is 1000 g/mol. The maximum atomic E-state index is 12.7. The minimum atomic E-state index is -5.58. The number of anilines is 1. The van der Waals surface area contributed by atoms with Crippen LogP contribution in [-0.2, 0) is 50.7 Å². The number of unbranched alkanes of at least 4 members (excludes halogenated alkanes) is 10. The maximum absolute atomic E-state index is 12.7. The Kier molecular flexibility index (Phi) is 26.8. The summed E-state index contributed by atoms with van der Waals surface area (Å²) in [6, 6.07) is 0. The Morgan fingerprint density at radius 3 is 2.27 bits per heavy atom. The van der Waals surface area contributed by atoms with Crippen LogP contribution in [0.5, 0.6) is 0 Å². The van der Waals surface area contributed by atoms with E-state index in [0.29, 0.717) is 12.2 Å². The molecule has 0 spiro atoms. The fourth-order valence-electron chi connectivity index (χ4n) is 7.08. The number of allylic oxidation sites excluding steroid dienone is 1. The number of ether oxygens (including phenoxy) is 1. The Morgan fingerprint density at radius 1 is 0.900 bits per heavy atom. The second-order valence-electron chi connectivity index (χ2n) is 17.5. The molecule has 400 valence electrons. The molecule has 1 aliphatic rings. The Morgan fingerprint density at radius 2 is 1.57 bits per heavy atom. The standard InChI is InChI=1S/C41H72N7O18P3S/c1-4-5-6-15-18-29(49)19-16-13-11-9-7-8-10-12-14-17-20-32(51)70-24-23-43-31(50)21-22-44-39(54)36(53)41(2,3)26-63-69(60,61)66-68(58,59)62-25-30-35(65-67(55,56)57)34(52)40(64-30)48-28-47-33-37(42)45-27-46-38(33)48/h13,16,27-30,34-36,40,49,52-53H,4-12,14-15,17-26H2,1-3H3,(H,43,50)(H,44,54)(H,58,59)(H,60,61)(H2,42,45,46)(H2,55,56,57)/b16-13-/t29-,30-,34-,35-,36+,40-/m1/s1. The molecular formula is C41H72N7O18P3S. The van der Waals surface area contributed by atoms with E-state index in [4.69, 9.17) is 19.5 Å². The third kappa shape index (κ3) is 23.0. The molecule has 25 nitrogen and oxygen atoms in total. The van der Waals surface area contributed by atoms with Crippen molar-refractivity contribution in [3.8, 4) is 0 Å². The lowest BCUT2D eigenvalue weighted by atomic mass is 9.87. The molecule has 70 heavy (non-hydrogen) atoms. The Balaban J connectivity index is 1.27. The van der Waals surface area contributed by atoms with Crippen LogP contribution in [0.3, 0.4) is 0 Å². The zero-order chi connectivity index (χ0) is 52.0.